The number of fused-ring (bicyclic) bond motifs is 1. The number of rotatable bonds is 1. The zero-order valence-corrected chi connectivity index (χ0v) is 6.91. The minimum absolute atomic E-state index is 0.0968. The number of anilines is 1. The number of nitro benzene ring substituents is 1. The highest BCUT2D eigenvalue weighted by Gasteiger charge is 2.12. The van der Waals surface area contributed by atoms with Crippen LogP contribution in [0, 0.1) is 10.1 Å². The molecule has 0 aliphatic rings. The van der Waals surface area contributed by atoms with Crippen LogP contribution in [0.25, 0.3) is 11.0 Å². The summed E-state index contributed by atoms with van der Waals surface area (Å²) in [5.41, 5.74) is 5.82. The zero-order valence-electron chi connectivity index (χ0n) is 6.91. The van der Waals surface area contributed by atoms with E-state index in [1.807, 2.05) is 0 Å². The van der Waals surface area contributed by atoms with E-state index in [-0.39, 0.29) is 17.2 Å². The SMILES string of the molecule is Nc1nc2ccc([N+](=O)[O-])cc2n1O. The zero-order chi connectivity index (χ0) is 10.3. The fourth-order valence-corrected chi connectivity index (χ4v) is 1.18. The predicted molar refractivity (Wildman–Crippen MR) is 48.0 cm³/mol. The lowest BCUT2D eigenvalue weighted by atomic mass is 10.3. The van der Waals surface area contributed by atoms with Gasteiger partial charge in [-0.3, -0.25) is 10.1 Å². The van der Waals surface area contributed by atoms with E-state index in [0.29, 0.717) is 10.2 Å². The first-order valence-electron chi connectivity index (χ1n) is 3.71. The first-order valence-corrected chi connectivity index (χ1v) is 3.71. The quantitative estimate of drug-likeness (QED) is 0.396. The minimum atomic E-state index is -0.553. The molecule has 0 aliphatic heterocycles. The Labute approximate surface area is 77.5 Å². The molecule has 0 unspecified atom stereocenters. The summed E-state index contributed by atoms with van der Waals surface area (Å²) >= 11 is 0. The molecule has 0 aliphatic carbocycles. The second-order valence-electron chi connectivity index (χ2n) is 2.71. The van der Waals surface area contributed by atoms with E-state index in [1.165, 1.54) is 18.2 Å². The van der Waals surface area contributed by atoms with Crippen LogP contribution in [0.4, 0.5) is 11.6 Å². The standard InChI is InChI=1S/C7H6N4O3/c8-7-9-5-2-1-4(11(13)14)3-6(5)10(7)12/h1-3,12H,(H2,8,9). The van der Waals surface area contributed by atoms with E-state index >= 15 is 0 Å². The first kappa shape index (κ1) is 8.30. The van der Waals surface area contributed by atoms with Gasteiger partial charge in [-0.05, 0) is 6.07 Å². The number of imidazole rings is 1. The molecular weight excluding hydrogens is 188 g/mol. The van der Waals surface area contributed by atoms with Gasteiger partial charge in [-0.15, -0.1) is 4.73 Å². The molecule has 0 radical (unpaired) electrons. The minimum Gasteiger partial charge on any atom is -0.425 e. The number of aromatic nitrogens is 2. The van der Waals surface area contributed by atoms with Crippen LogP contribution in [-0.2, 0) is 0 Å². The lowest BCUT2D eigenvalue weighted by Gasteiger charge is -1.94. The topological polar surface area (TPSA) is 107 Å². The Kier molecular flexibility index (Phi) is 1.53. The molecule has 1 aromatic carbocycles. The summed E-state index contributed by atoms with van der Waals surface area (Å²) in [6.07, 6.45) is 0. The number of nitro groups is 1. The average Bonchev–Trinajstić information content (AvgIpc) is 2.43. The van der Waals surface area contributed by atoms with Crippen molar-refractivity contribution in [3.05, 3.63) is 28.3 Å². The van der Waals surface area contributed by atoms with Crippen LogP contribution in [0.15, 0.2) is 18.2 Å². The molecule has 0 spiro atoms. The number of nitrogens with two attached hydrogens (primary N) is 1. The van der Waals surface area contributed by atoms with E-state index in [2.05, 4.69) is 4.98 Å². The summed E-state index contributed by atoms with van der Waals surface area (Å²) in [4.78, 5) is 13.7. The van der Waals surface area contributed by atoms with Gasteiger partial charge in [0.05, 0.1) is 10.4 Å². The van der Waals surface area contributed by atoms with Gasteiger partial charge < -0.3 is 10.9 Å². The average molecular weight is 194 g/mol. The molecule has 7 nitrogen and oxygen atoms in total. The van der Waals surface area contributed by atoms with Gasteiger partial charge >= 0.3 is 0 Å². The van der Waals surface area contributed by atoms with Crippen molar-refractivity contribution in [1.82, 2.24) is 9.71 Å². The van der Waals surface area contributed by atoms with E-state index in [4.69, 9.17) is 5.73 Å². The number of non-ortho nitro benzene ring substituents is 1. The lowest BCUT2D eigenvalue weighted by molar-refractivity contribution is -0.384. The summed E-state index contributed by atoms with van der Waals surface area (Å²) in [5, 5.41) is 19.7. The maximum atomic E-state index is 10.4. The van der Waals surface area contributed by atoms with Crippen molar-refractivity contribution in [3.8, 4) is 0 Å². The maximum Gasteiger partial charge on any atom is 0.271 e. The smallest absolute Gasteiger partial charge is 0.271 e. The normalized spacial score (nSPS) is 10.6. The maximum absolute atomic E-state index is 10.4. The van der Waals surface area contributed by atoms with Gasteiger partial charge in [0.25, 0.3) is 5.69 Å². The van der Waals surface area contributed by atoms with Crippen molar-refractivity contribution < 1.29 is 10.1 Å². The summed E-state index contributed by atoms with van der Waals surface area (Å²) < 4.78 is 0.613. The lowest BCUT2D eigenvalue weighted by Crippen LogP contribution is -1.97. The molecule has 0 fully saturated rings. The van der Waals surface area contributed by atoms with E-state index < -0.39 is 4.92 Å². The largest absolute Gasteiger partial charge is 0.425 e. The number of nitrogens with zero attached hydrogens (tertiary/aromatic N) is 3. The Balaban J connectivity index is 2.76. The molecule has 7 heteroatoms. The van der Waals surface area contributed by atoms with Gasteiger partial charge in [0, 0.05) is 12.1 Å². The molecule has 2 rings (SSSR count). The highest BCUT2D eigenvalue weighted by atomic mass is 16.6. The Bertz CT molecular complexity index is 519. The summed E-state index contributed by atoms with van der Waals surface area (Å²) in [6, 6.07) is 3.93. The van der Waals surface area contributed by atoms with Crippen molar-refractivity contribution in [1.29, 1.82) is 0 Å². The van der Waals surface area contributed by atoms with Crippen LogP contribution in [-0.4, -0.2) is 19.8 Å². The Morgan fingerprint density at radius 1 is 1.57 bits per heavy atom. The molecule has 1 aromatic heterocycles. The second kappa shape index (κ2) is 2.59. The molecule has 2 aromatic rings. The third kappa shape index (κ3) is 1.03. The third-order valence-corrected chi connectivity index (χ3v) is 1.85. The summed E-state index contributed by atoms with van der Waals surface area (Å²) in [6.45, 7) is 0. The molecular formula is C7H6N4O3. The van der Waals surface area contributed by atoms with E-state index in [0.717, 1.165) is 0 Å². The number of benzene rings is 1. The highest BCUT2D eigenvalue weighted by molar-refractivity contribution is 5.80. The molecule has 0 saturated heterocycles. The number of hydrogen-bond donors (Lipinski definition) is 2. The summed E-state index contributed by atoms with van der Waals surface area (Å²) in [5.74, 6) is -0.0968. The van der Waals surface area contributed by atoms with Crippen LogP contribution >= 0.6 is 0 Å². The van der Waals surface area contributed by atoms with Gasteiger partial charge in [-0.2, -0.15) is 0 Å². The monoisotopic (exact) mass is 194 g/mol. The summed E-state index contributed by atoms with van der Waals surface area (Å²) in [7, 11) is 0. The molecule has 0 amide bonds. The van der Waals surface area contributed by atoms with Crippen molar-refractivity contribution in [3.63, 3.8) is 0 Å². The fourth-order valence-electron chi connectivity index (χ4n) is 1.18. The van der Waals surface area contributed by atoms with Crippen LogP contribution < -0.4 is 5.73 Å². The molecule has 0 atom stereocenters. The Morgan fingerprint density at radius 3 is 2.93 bits per heavy atom. The van der Waals surface area contributed by atoms with Crippen molar-refractivity contribution in [2.45, 2.75) is 0 Å². The predicted octanol–water partition coefficient (Wildman–Crippen LogP) is 0.764. The number of hydrogen-bond acceptors (Lipinski definition) is 5. The van der Waals surface area contributed by atoms with E-state index in [1.54, 1.807) is 0 Å². The third-order valence-electron chi connectivity index (χ3n) is 1.85. The van der Waals surface area contributed by atoms with Crippen molar-refractivity contribution >= 4 is 22.7 Å². The highest BCUT2D eigenvalue weighted by Crippen LogP contribution is 2.21. The van der Waals surface area contributed by atoms with Crippen molar-refractivity contribution in [2.75, 3.05) is 5.73 Å². The fraction of sp³-hybridized carbons (Fsp3) is 0. The van der Waals surface area contributed by atoms with Crippen LogP contribution in [0.2, 0.25) is 0 Å². The van der Waals surface area contributed by atoms with Crippen LogP contribution in [0.3, 0.4) is 0 Å². The second-order valence-corrected chi connectivity index (χ2v) is 2.71. The van der Waals surface area contributed by atoms with Gasteiger partial charge in [-0.1, -0.05) is 0 Å². The van der Waals surface area contributed by atoms with Crippen LogP contribution in [0.5, 0.6) is 0 Å². The van der Waals surface area contributed by atoms with Gasteiger partial charge in [0.15, 0.2) is 0 Å². The van der Waals surface area contributed by atoms with E-state index in [9.17, 15) is 15.3 Å². The molecule has 0 bridgehead atoms. The van der Waals surface area contributed by atoms with Gasteiger partial charge in [-0.25, -0.2) is 4.98 Å². The van der Waals surface area contributed by atoms with Crippen molar-refractivity contribution in [2.24, 2.45) is 0 Å². The van der Waals surface area contributed by atoms with Crippen LogP contribution in [0.1, 0.15) is 0 Å². The molecule has 0 saturated carbocycles. The first-order chi connectivity index (χ1) is 6.59. The molecule has 3 N–H and O–H groups in total. The number of nitrogen functional groups attached to an aromatic ring is 1. The Morgan fingerprint density at radius 2 is 2.29 bits per heavy atom. The Hall–Kier alpha value is -2.31. The molecule has 1 heterocycles. The molecule has 14 heavy (non-hydrogen) atoms. The van der Waals surface area contributed by atoms with Gasteiger partial charge in [0.2, 0.25) is 5.95 Å². The van der Waals surface area contributed by atoms with Gasteiger partial charge in [0.1, 0.15) is 5.52 Å². The molecule has 72 valence electrons.